The summed E-state index contributed by atoms with van der Waals surface area (Å²) in [6, 6.07) is 1.19. The van der Waals surface area contributed by atoms with Gasteiger partial charge in [-0.1, -0.05) is 0 Å². The fourth-order valence-electron chi connectivity index (χ4n) is 1.24. The van der Waals surface area contributed by atoms with Gasteiger partial charge in [-0.15, -0.1) is 11.3 Å². The molecule has 114 valence electrons. The smallest absolute Gasteiger partial charge is 0.339 e. The summed E-state index contributed by atoms with van der Waals surface area (Å²) < 4.78 is 37.0. The number of hydrogen-bond donors (Lipinski definition) is 0. The molecule has 0 aromatic carbocycles. The van der Waals surface area contributed by atoms with Gasteiger partial charge in [0.1, 0.15) is 10.8 Å². The largest absolute Gasteiger partial charge is 0.460 e. The van der Waals surface area contributed by atoms with Crippen molar-refractivity contribution in [1.29, 1.82) is 0 Å². The van der Waals surface area contributed by atoms with Crippen molar-refractivity contribution in [3.63, 3.8) is 0 Å². The maximum absolute atomic E-state index is 11.6. The van der Waals surface area contributed by atoms with Gasteiger partial charge in [-0.25, -0.2) is 13.2 Å². The summed E-state index contributed by atoms with van der Waals surface area (Å²) in [5, 5.41) is 1.39. The van der Waals surface area contributed by atoms with E-state index in [0.717, 1.165) is 17.8 Å². The molecule has 0 amide bonds. The van der Waals surface area contributed by atoms with Gasteiger partial charge in [-0.05, 0) is 12.5 Å². The van der Waals surface area contributed by atoms with Crippen LogP contribution in [0, 0.1) is 0 Å². The Kier molecular flexibility index (Phi) is 7.46. The molecule has 9 heteroatoms. The van der Waals surface area contributed by atoms with Crippen LogP contribution in [-0.4, -0.2) is 47.9 Å². The number of carbonyl (C=O) groups excluding carboxylic acids is 1. The first-order chi connectivity index (χ1) is 9.45. The maximum Gasteiger partial charge on any atom is 0.339 e. The van der Waals surface area contributed by atoms with E-state index in [1.165, 1.54) is 11.4 Å². The number of ether oxygens (including phenoxy) is 3. The molecule has 1 rings (SSSR count). The number of carbonyl (C=O) groups is 1. The van der Waals surface area contributed by atoms with E-state index >= 15 is 0 Å². The second kappa shape index (κ2) is 8.58. The van der Waals surface area contributed by atoms with E-state index in [2.05, 4.69) is 0 Å². The van der Waals surface area contributed by atoms with Crippen molar-refractivity contribution in [2.45, 2.75) is 10.6 Å². The average Bonchev–Trinajstić information content (AvgIpc) is 2.87. The van der Waals surface area contributed by atoms with Gasteiger partial charge in [-0.2, -0.15) is 0 Å². The van der Waals surface area contributed by atoms with Gasteiger partial charge in [0.15, 0.2) is 0 Å². The molecular weight excluding hydrogens is 328 g/mol. The number of esters is 1. The Morgan fingerprint density at radius 3 is 2.65 bits per heavy atom. The number of thiophene rings is 1. The molecule has 0 bridgehead atoms. The Balaban J connectivity index is 2.28. The highest BCUT2D eigenvalue weighted by Crippen LogP contribution is 2.24. The summed E-state index contributed by atoms with van der Waals surface area (Å²) in [7, 11) is 2.97. The van der Waals surface area contributed by atoms with Crippen molar-refractivity contribution in [2.75, 3.05) is 33.5 Å². The van der Waals surface area contributed by atoms with Crippen LogP contribution in [0.1, 0.15) is 16.8 Å². The minimum atomic E-state index is -3.81. The quantitative estimate of drug-likeness (QED) is 0.387. The molecule has 0 saturated heterocycles. The Morgan fingerprint density at radius 2 is 2.05 bits per heavy atom. The minimum absolute atomic E-state index is 0.0815. The van der Waals surface area contributed by atoms with Crippen LogP contribution in [0.3, 0.4) is 0 Å². The summed E-state index contributed by atoms with van der Waals surface area (Å²) in [6.07, 6.45) is 0.770. The van der Waals surface area contributed by atoms with Crippen molar-refractivity contribution in [1.82, 2.24) is 0 Å². The van der Waals surface area contributed by atoms with E-state index in [1.54, 1.807) is 7.11 Å². The van der Waals surface area contributed by atoms with E-state index in [0.29, 0.717) is 13.2 Å². The van der Waals surface area contributed by atoms with Crippen LogP contribution in [-0.2, 0) is 23.3 Å². The first-order valence-corrected chi connectivity index (χ1v) is 8.91. The summed E-state index contributed by atoms with van der Waals surface area (Å²) in [5.74, 6) is -0.603. The third kappa shape index (κ3) is 6.19. The van der Waals surface area contributed by atoms with Crippen molar-refractivity contribution in [3.8, 4) is 0 Å². The van der Waals surface area contributed by atoms with Crippen LogP contribution in [0.15, 0.2) is 15.7 Å². The molecule has 6 nitrogen and oxygen atoms in total. The highest BCUT2D eigenvalue weighted by molar-refractivity contribution is 8.15. The monoisotopic (exact) mass is 342 g/mol. The zero-order chi connectivity index (χ0) is 15.0. The van der Waals surface area contributed by atoms with Crippen molar-refractivity contribution < 1.29 is 27.4 Å². The predicted octanol–water partition coefficient (Wildman–Crippen LogP) is 1.89. The van der Waals surface area contributed by atoms with E-state index in [9.17, 15) is 13.2 Å². The second-order valence-corrected chi connectivity index (χ2v) is 7.39. The summed E-state index contributed by atoms with van der Waals surface area (Å²) in [4.78, 5) is 11.6. The topological polar surface area (TPSA) is 78.9 Å². The highest BCUT2D eigenvalue weighted by Gasteiger charge is 2.17. The number of methoxy groups -OCH3 is 1. The van der Waals surface area contributed by atoms with Gasteiger partial charge in [-0.3, -0.25) is 0 Å². The normalized spacial score (nSPS) is 11.5. The zero-order valence-corrected chi connectivity index (χ0v) is 13.2. The lowest BCUT2D eigenvalue weighted by Crippen LogP contribution is -2.11. The fourth-order valence-corrected chi connectivity index (χ4v) is 3.17. The van der Waals surface area contributed by atoms with Crippen molar-refractivity contribution >= 4 is 37.0 Å². The molecule has 0 unspecified atom stereocenters. The molecule has 0 aliphatic rings. The molecule has 0 spiro atoms. The van der Waals surface area contributed by atoms with Crippen LogP contribution in [0.25, 0.3) is 0 Å². The molecule has 0 aliphatic carbocycles. The lowest BCUT2D eigenvalue weighted by atomic mass is 10.3. The van der Waals surface area contributed by atoms with Gasteiger partial charge >= 0.3 is 5.97 Å². The van der Waals surface area contributed by atoms with Crippen LogP contribution < -0.4 is 0 Å². The van der Waals surface area contributed by atoms with E-state index in [1.807, 2.05) is 0 Å². The first-order valence-electron chi connectivity index (χ1n) is 5.72. The molecular formula is C11H15ClO6S2. The Morgan fingerprint density at radius 1 is 1.30 bits per heavy atom. The Bertz CT molecular complexity index is 525. The summed E-state index contributed by atoms with van der Waals surface area (Å²) in [6.45, 7) is 1.52. The third-order valence-electron chi connectivity index (χ3n) is 2.15. The van der Waals surface area contributed by atoms with E-state index in [-0.39, 0.29) is 23.0 Å². The molecule has 1 aromatic heterocycles. The Labute approximate surface area is 126 Å². The van der Waals surface area contributed by atoms with Crippen LogP contribution in [0.2, 0.25) is 0 Å². The molecule has 1 heterocycles. The molecule has 0 radical (unpaired) electrons. The zero-order valence-electron chi connectivity index (χ0n) is 10.8. The van der Waals surface area contributed by atoms with E-state index < -0.39 is 15.0 Å². The van der Waals surface area contributed by atoms with E-state index in [4.69, 9.17) is 24.9 Å². The number of halogens is 1. The minimum Gasteiger partial charge on any atom is -0.460 e. The van der Waals surface area contributed by atoms with Crippen molar-refractivity contribution in [2.24, 2.45) is 0 Å². The summed E-state index contributed by atoms with van der Waals surface area (Å²) in [5.41, 5.74) is 0.161. The fraction of sp³-hybridized carbons (Fsp3) is 0.545. The van der Waals surface area contributed by atoms with Crippen LogP contribution in [0.5, 0.6) is 0 Å². The summed E-state index contributed by atoms with van der Waals surface area (Å²) >= 11 is 0.872. The highest BCUT2D eigenvalue weighted by atomic mass is 35.7. The number of hydrogen-bond acceptors (Lipinski definition) is 7. The van der Waals surface area contributed by atoms with Crippen LogP contribution >= 0.6 is 22.0 Å². The van der Waals surface area contributed by atoms with Crippen molar-refractivity contribution in [3.05, 3.63) is 17.0 Å². The predicted molar refractivity (Wildman–Crippen MR) is 75.0 cm³/mol. The lowest BCUT2D eigenvalue weighted by Gasteiger charge is -2.05. The van der Waals surface area contributed by atoms with Gasteiger partial charge in [0, 0.05) is 36.4 Å². The molecule has 0 aliphatic heterocycles. The van der Waals surface area contributed by atoms with Gasteiger partial charge in [0.2, 0.25) is 0 Å². The average molecular weight is 343 g/mol. The van der Waals surface area contributed by atoms with Crippen LogP contribution in [0.4, 0.5) is 0 Å². The molecule has 0 N–H and O–H groups in total. The van der Waals surface area contributed by atoms with Gasteiger partial charge < -0.3 is 14.2 Å². The van der Waals surface area contributed by atoms with Gasteiger partial charge in [0.25, 0.3) is 9.05 Å². The SMILES string of the molecule is COCCCOCCOC(=O)c1csc(S(=O)(=O)Cl)c1. The molecule has 0 atom stereocenters. The van der Waals surface area contributed by atoms with Gasteiger partial charge in [0.05, 0.1) is 12.2 Å². The lowest BCUT2D eigenvalue weighted by molar-refractivity contribution is 0.0288. The third-order valence-corrected chi connectivity index (χ3v) is 5.19. The number of rotatable bonds is 9. The Hall–Kier alpha value is -0.670. The standard InChI is InChI=1S/C11H15ClO6S2/c1-16-3-2-4-17-5-6-18-11(13)9-7-10(19-8-9)20(12,14)15/h7-8H,2-6H2,1H3. The molecule has 0 saturated carbocycles. The molecule has 20 heavy (non-hydrogen) atoms. The second-order valence-electron chi connectivity index (χ2n) is 3.69. The maximum atomic E-state index is 11.6. The molecule has 1 aromatic rings. The molecule has 0 fully saturated rings. The first kappa shape index (κ1) is 17.4.